The van der Waals surface area contributed by atoms with Gasteiger partial charge in [-0.05, 0) is 55.5 Å². The standard InChI is InChI=1S/C17H16FNO3S/c1-2-22-17(21)12-3-7-14(8-4-12)19-16(20)11-23-15-9-5-13(18)6-10-15/h3-10H,2,11H2,1H3,(H,19,20). The lowest BCUT2D eigenvalue weighted by Gasteiger charge is -2.06. The van der Waals surface area contributed by atoms with Crippen LogP contribution >= 0.6 is 11.8 Å². The van der Waals surface area contributed by atoms with E-state index in [1.54, 1.807) is 43.3 Å². The summed E-state index contributed by atoms with van der Waals surface area (Å²) in [4.78, 5) is 24.2. The fourth-order valence-electron chi connectivity index (χ4n) is 1.78. The van der Waals surface area contributed by atoms with E-state index in [2.05, 4.69) is 5.32 Å². The maximum absolute atomic E-state index is 12.8. The van der Waals surface area contributed by atoms with E-state index in [4.69, 9.17) is 4.74 Å². The van der Waals surface area contributed by atoms with Crippen LogP contribution in [0.15, 0.2) is 53.4 Å². The van der Waals surface area contributed by atoms with Gasteiger partial charge in [0.15, 0.2) is 0 Å². The van der Waals surface area contributed by atoms with Gasteiger partial charge in [-0.2, -0.15) is 0 Å². The zero-order valence-corrected chi connectivity index (χ0v) is 13.4. The second kappa shape index (κ2) is 8.33. The number of ether oxygens (including phenoxy) is 1. The molecule has 0 aromatic heterocycles. The number of halogens is 1. The first-order chi connectivity index (χ1) is 11.1. The second-order valence-electron chi connectivity index (χ2n) is 4.59. The number of rotatable bonds is 6. The zero-order chi connectivity index (χ0) is 16.7. The molecule has 6 heteroatoms. The Kier molecular flexibility index (Phi) is 6.17. The van der Waals surface area contributed by atoms with Gasteiger partial charge < -0.3 is 10.1 Å². The second-order valence-corrected chi connectivity index (χ2v) is 5.64. The van der Waals surface area contributed by atoms with Crippen molar-refractivity contribution in [2.75, 3.05) is 17.7 Å². The molecule has 0 aliphatic rings. The molecule has 2 rings (SSSR count). The van der Waals surface area contributed by atoms with Crippen LogP contribution in [0.3, 0.4) is 0 Å². The highest BCUT2D eigenvalue weighted by Crippen LogP contribution is 2.18. The summed E-state index contributed by atoms with van der Waals surface area (Å²) in [6, 6.07) is 12.5. The lowest BCUT2D eigenvalue weighted by atomic mass is 10.2. The van der Waals surface area contributed by atoms with E-state index in [-0.39, 0.29) is 17.5 Å². The summed E-state index contributed by atoms with van der Waals surface area (Å²) in [7, 11) is 0. The number of carbonyl (C=O) groups is 2. The van der Waals surface area contributed by atoms with Gasteiger partial charge in [-0.25, -0.2) is 9.18 Å². The summed E-state index contributed by atoms with van der Waals surface area (Å²) in [5, 5.41) is 2.74. The molecule has 1 amide bonds. The van der Waals surface area contributed by atoms with Gasteiger partial charge in [0.05, 0.1) is 17.9 Å². The van der Waals surface area contributed by atoms with Gasteiger partial charge in [0.2, 0.25) is 5.91 Å². The Morgan fingerprint density at radius 1 is 1.09 bits per heavy atom. The van der Waals surface area contributed by atoms with Crippen molar-refractivity contribution >= 4 is 29.3 Å². The Hall–Kier alpha value is -2.34. The molecule has 2 aromatic carbocycles. The molecule has 120 valence electrons. The fourth-order valence-corrected chi connectivity index (χ4v) is 2.48. The number of amides is 1. The third kappa shape index (κ3) is 5.41. The summed E-state index contributed by atoms with van der Waals surface area (Å²) in [5.74, 6) is -0.661. The average molecular weight is 333 g/mol. The van der Waals surface area contributed by atoms with Crippen LogP contribution in [0.4, 0.5) is 10.1 Å². The van der Waals surface area contributed by atoms with Gasteiger partial charge >= 0.3 is 5.97 Å². The van der Waals surface area contributed by atoms with Crippen LogP contribution in [0.1, 0.15) is 17.3 Å². The molecule has 0 aliphatic heterocycles. The van der Waals surface area contributed by atoms with E-state index in [0.717, 1.165) is 4.90 Å². The van der Waals surface area contributed by atoms with Crippen molar-refractivity contribution in [2.45, 2.75) is 11.8 Å². The maximum atomic E-state index is 12.8. The van der Waals surface area contributed by atoms with E-state index in [1.165, 1.54) is 23.9 Å². The van der Waals surface area contributed by atoms with Crippen molar-refractivity contribution in [3.05, 3.63) is 59.9 Å². The van der Waals surface area contributed by atoms with Gasteiger partial charge in [0, 0.05) is 10.6 Å². The number of thioether (sulfide) groups is 1. The summed E-state index contributed by atoms with van der Waals surface area (Å²) in [6.07, 6.45) is 0. The van der Waals surface area contributed by atoms with Gasteiger partial charge in [-0.3, -0.25) is 4.79 Å². The third-order valence-electron chi connectivity index (χ3n) is 2.86. The molecule has 0 atom stereocenters. The van der Waals surface area contributed by atoms with Crippen molar-refractivity contribution in [2.24, 2.45) is 0 Å². The molecule has 0 radical (unpaired) electrons. The lowest BCUT2D eigenvalue weighted by Crippen LogP contribution is -2.14. The van der Waals surface area contributed by atoms with Crippen molar-refractivity contribution in [1.82, 2.24) is 0 Å². The minimum atomic E-state index is -0.391. The number of nitrogens with one attached hydrogen (secondary N) is 1. The molecule has 0 aliphatic carbocycles. The van der Waals surface area contributed by atoms with Gasteiger partial charge in [-0.15, -0.1) is 11.8 Å². The van der Waals surface area contributed by atoms with E-state index < -0.39 is 5.97 Å². The first-order valence-corrected chi connectivity index (χ1v) is 8.02. The Bertz CT molecular complexity index is 671. The van der Waals surface area contributed by atoms with Crippen LogP contribution in [-0.4, -0.2) is 24.2 Å². The first-order valence-electron chi connectivity index (χ1n) is 7.04. The normalized spacial score (nSPS) is 10.2. The number of benzene rings is 2. The SMILES string of the molecule is CCOC(=O)c1ccc(NC(=O)CSc2ccc(F)cc2)cc1. The van der Waals surface area contributed by atoms with Crippen molar-refractivity contribution < 1.29 is 18.7 Å². The molecule has 0 saturated heterocycles. The van der Waals surface area contributed by atoms with Crippen LogP contribution in [0, 0.1) is 5.82 Å². The van der Waals surface area contributed by atoms with Crippen LogP contribution in [-0.2, 0) is 9.53 Å². The summed E-state index contributed by atoms with van der Waals surface area (Å²) in [6.45, 7) is 2.06. The molecule has 0 fully saturated rings. The molecule has 0 spiro atoms. The highest BCUT2D eigenvalue weighted by atomic mass is 32.2. The predicted molar refractivity (Wildman–Crippen MR) is 88.2 cm³/mol. The van der Waals surface area contributed by atoms with E-state index >= 15 is 0 Å². The molecule has 0 saturated carbocycles. The van der Waals surface area contributed by atoms with Crippen LogP contribution in [0.2, 0.25) is 0 Å². The molecule has 4 nitrogen and oxygen atoms in total. The Morgan fingerprint density at radius 3 is 2.35 bits per heavy atom. The summed E-state index contributed by atoms with van der Waals surface area (Å²) < 4.78 is 17.7. The number of esters is 1. The number of anilines is 1. The third-order valence-corrected chi connectivity index (χ3v) is 3.88. The number of hydrogen-bond donors (Lipinski definition) is 1. The van der Waals surface area contributed by atoms with Crippen LogP contribution in [0.5, 0.6) is 0 Å². The molecule has 2 aromatic rings. The van der Waals surface area contributed by atoms with Gasteiger partial charge in [0.25, 0.3) is 0 Å². The zero-order valence-electron chi connectivity index (χ0n) is 12.5. The minimum absolute atomic E-state index is 0.178. The lowest BCUT2D eigenvalue weighted by molar-refractivity contribution is -0.113. The predicted octanol–water partition coefficient (Wildman–Crippen LogP) is 3.73. The molecular weight excluding hydrogens is 317 g/mol. The molecule has 0 heterocycles. The van der Waals surface area contributed by atoms with Gasteiger partial charge in [-0.1, -0.05) is 0 Å². The molecule has 0 bridgehead atoms. The largest absolute Gasteiger partial charge is 0.462 e. The highest BCUT2D eigenvalue weighted by Gasteiger charge is 2.07. The number of carbonyl (C=O) groups excluding carboxylic acids is 2. The molecule has 1 N–H and O–H groups in total. The van der Waals surface area contributed by atoms with Crippen LogP contribution in [0.25, 0.3) is 0 Å². The van der Waals surface area contributed by atoms with Gasteiger partial charge in [0.1, 0.15) is 5.82 Å². The van der Waals surface area contributed by atoms with E-state index in [9.17, 15) is 14.0 Å². The molecule has 23 heavy (non-hydrogen) atoms. The van der Waals surface area contributed by atoms with E-state index in [1.807, 2.05) is 0 Å². The van der Waals surface area contributed by atoms with Crippen molar-refractivity contribution in [3.8, 4) is 0 Å². The summed E-state index contributed by atoms with van der Waals surface area (Å²) >= 11 is 1.32. The monoisotopic (exact) mass is 333 g/mol. The van der Waals surface area contributed by atoms with Crippen molar-refractivity contribution in [1.29, 1.82) is 0 Å². The molecular formula is C17H16FNO3S. The number of hydrogen-bond acceptors (Lipinski definition) is 4. The smallest absolute Gasteiger partial charge is 0.338 e. The average Bonchev–Trinajstić information content (AvgIpc) is 2.55. The van der Waals surface area contributed by atoms with Crippen molar-refractivity contribution in [3.63, 3.8) is 0 Å². The highest BCUT2D eigenvalue weighted by molar-refractivity contribution is 8.00. The first kappa shape index (κ1) is 17.0. The quantitative estimate of drug-likeness (QED) is 0.646. The molecule has 0 unspecified atom stereocenters. The maximum Gasteiger partial charge on any atom is 0.338 e. The Morgan fingerprint density at radius 2 is 1.74 bits per heavy atom. The Balaban J connectivity index is 1.85. The Labute approximate surface area is 138 Å². The summed E-state index contributed by atoms with van der Waals surface area (Å²) in [5.41, 5.74) is 1.04. The minimum Gasteiger partial charge on any atom is -0.462 e. The van der Waals surface area contributed by atoms with E-state index in [0.29, 0.717) is 17.9 Å². The fraction of sp³-hybridized carbons (Fsp3) is 0.176. The topological polar surface area (TPSA) is 55.4 Å². The van der Waals surface area contributed by atoms with Crippen LogP contribution < -0.4 is 5.32 Å².